The summed E-state index contributed by atoms with van der Waals surface area (Å²) in [6.45, 7) is 5.42. The SMILES string of the molecule is CC(C)CCn1nc2c(c1Cl)CCC2. The molecule has 0 saturated heterocycles. The van der Waals surface area contributed by atoms with E-state index in [4.69, 9.17) is 11.6 Å². The molecular formula is C11H17ClN2. The summed E-state index contributed by atoms with van der Waals surface area (Å²) in [5.41, 5.74) is 2.54. The maximum absolute atomic E-state index is 6.25. The van der Waals surface area contributed by atoms with E-state index in [0.29, 0.717) is 5.92 Å². The molecule has 0 N–H and O–H groups in total. The van der Waals surface area contributed by atoms with E-state index in [2.05, 4.69) is 18.9 Å². The third kappa shape index (κ3) is 1.81. The lowest BCUT2D eigenvalue weighted by atomic mass is 10.1. The van der Waals surface area contributed by atoms with Crippen LogP contribution in [0.5, 0.6) is 0 Å². The number of fused-ring (bicyclic) bond motifs is 1. The molecule has 2 rings (SSSR count). The van der Waals surface area contributed by atoms with Gasteiger partial charge in [0.25, 0.3) is 0 Å². The van der Waals surface area contributed by atoms with Crippen LogP contribution in [-0.4, -0.2) is 9.78 Å². The maximum atomic E-state index is 6.25. The van der Waals surface area contributed by atoms with Crippen LogP contribution in [0.4, 0.5) is 0 Å². The Balaban J connectivity index is 2.12. The third-order valence-electron chi connectivity index (χ3n) is 2.82. The standard InChI is InChI=1S/C11H17ClN2/c1-8(2)6-7-14-11(12)9-4-3-5-10(9)13-14/h8H,3-7H2,1-2H3. The Morgan fingerprint density at radius 1 is 1.43 bits per heavy atom. The van der Waals surface area contributed by atoms with E-state index < -0.39 is 0 Å². The minimum atomic E-state index is 0.713. The first-order valence-electron chi connectivity index (χ1n) is 5.42. The highest BCUT2D eigenvalue weighted by Crippen LogP contribution is 2.28. The van der Waals surface area contributed by atoms with Crippen molar-refractivity contribution in [2.75, 3.05) is 0 Å². The second kappa shape index (κ2) is 3.93. The number of hydrogen-bond donors (Lipinski definition) is 0. The number of aryl methyl sites for hydroxylation is 2. The lowest BCUT2D eigenvalue weighted by molar-refractivity contribution is 0.484. The van der Waals surface area contributed by atoms with Crippen LogP contribution < -0.4 is 0 Å². The van der Waals surface area contributed by atoms with E-state index in [0.717, 1.165) is 31.0 Å². The predicted octanol–water partition coefficient (Wildman–Crippen LogP) is 3.07. The fraction of sp³-hybridized carbons (Fsp3) is 0.727. The molecule has 0 amide bonds. The van der Waals surface area contributed by atoms with Crippen LogP contribution in [0.15, 0.2) is 0 Å². The molecule has 78 valence electrons. The first-order chi connectivity index (χ1) is 6.68. The zero-order valence-electron chi connectivity index (χ0n) is 8.89. The Morgan fingerprint density at radius 2 is 2.21 bits per heavy atom. The van der Waals surface area contributed by atoms with Crippen LogP contribution in [0, 0.1) is 5.92 Å². The van der Waals surface area contributed by atoms with Crippen LogP contribution in [0.1, 0.15) is 37.9 Å². The Hall–Kier alpha value is -0.500. The molecule has 0 atom stereocenters. The van der Waals surface area contributed by atoms with E-state index in [9.17, 15) is 0 Å². The Labute approximate surface area is 90.3 Å². The average molecular weight is 213 g/mol. The third-order valence-corrected chi connectivity index (χ3v) is 3.25. The van der Waals surface area contributed by atoms with Crippen LogP contribution in [-0.2, 0) is 19.4 Å². The van der Waals surface area contributed by atoms with E-state index in [1.807, 2.05) is 4.68 Å². The largest absolute Gasteiger partial charge is 0.253 e. The van der Waals surface area contributed by atoms with Crippen molar-refractivity contribution in [3.63, 3.8) is 0 Å². The molecule has 1 aromatic heterocycles. The fourth-order valence-electron chi connectivity index (χ4n) is 1.93. The van der Waals surface area contributed by atoms with Gasteiger partial charge in [-0.1, -0.05) is 25.4 Å². The highest BCUT2D eigenvalue weighted by atomic mass is 35.5. The summed E-state index contributed by atoms with van der Waals surface area (Å²) >= 11 is 6.25. The molecule has 1 aliphatic carbocycles. The van der Waals surface area contributed by atoms with Gasteiger partial charge in [0.05, 0.1) is 5.69 Å². The molecule has 1 aromatic rings. The zero-order valence-corrected chi connectivity index (χ0v) is 9.64. The second-order valence-electron chi connectivity index (χ2n) is 4.48. The van der Waals surface area contributed by atoms with Crippen molar-refractivity contribution in [3.05, 3.63) is 16.4 Å². The Bertz CT molecular complexity index is 328. The normalized spacial score (nSPS) is 15.1. The molecular weight excluding hydrogens is 196 g/mol. The van der Waals surface area contributed by atoms with E-state index in [1.54, 1.807) is 0 Å². The van der Waals surface area contributed by atoms with Gasteiger partial charge in [0, 0.05) is 12.1 Å². The predicted molar refractivity (Wildman–Crippen MR) is 58.7 cm³/mol. The lowest BCUT2D eigenvalue weighted by Crippen LogP contribution is -2.04. The summed E-state index contributed by atoms with van der Waals surface area (Å²) in [6.07, 6.45) is 4.61. The van der Waals surface area contributed by atoms with Crippen molar-refractivity contribution in [1.82, 2.24) is 9.78 Å². The van der Waals surface area contributed by atoms with Gasteiger partial charge < -0.3 is 0 Å². The fourth-order valence-corrected chi connectivity index (χ4v) is 2.26. The van der Waals surface area contributed by atoms with Crippen molar-refractivity contribution in [3.8, 4) is 0 Å². The number of rotatable bonds is 3. The van der Waals surface area contributed by atoms with Crippen molar-refractivity contribution < 1.29 is 0 Å². The van der Waals surface area contributed by atoms with Crippen LogP contribution in [0.2, 0.25) is 5.15 Å². The summed E-state index contributed by atoms with van der Waals surface area (Å²) in [5.74, 6) is 0.713. The first-order valence-corrected chi connectivity index (χ1v) is 5.80. The topological polar surface area (TPSA) is 17.8 Å². The summed E-state index contributed by atoms with van der Waals surface area (Å²) < 4.78 is 1.98. The van der Waals surface area contributed by atoms with Crippen molar-refractivity contribution >= 4 is 11.6 Å². The Morgan fingerprint density at radius 3 is 2.86 bits per heavy atom. The first kappa shape index (κ1) is 10.0. The van der Waals surface area contributed by atoms with E-state index >= 15 is 0 Å². The maximum Gasteiger partial charge on any atom is 0.130 e. The molecule has 3 heteroatoms. The minimum absolute atomic E-state index is 0.713. The van der Waals surface area contributed by atoms with E-state index in [-0.39, 0.29) is 0 Å². The smallest absolute Gasteiger partial charge is 0.130 e. The van der Waals surface area contributed by atoms with Crippen molar-refractivity contribution in [1.29, 1.82) is 0 Å². The number of halogens is 1. The highest BCUT2D eigenvalue weighted by Gasteiger charge is 2.20. The number of aromatic nitrogens is 2. The summed E-state index contributed by atoms with van der Waals surface area (Å²) in [6, 6.07) is 0. The summed E-state index contributed by atoms with van der Waals surface area (Å²) in [7, 11) is 0. The van der Waals surface area contributed by atoms with Gasteiger partial charge in [-0.3, -0.25) is 4.68 Å². The van der Waals surface area contributed by atoms with Crippen LogP contribution >= 0.6 is 11.6 Å². The van der Waals surface area contributed by atoms with E-state index in [1.165, 1.54) is 17.7 Å². The molecule has 0 spiro atoms. The molecule has 2 nitrogen and oxygen atoms in total. The van der Waals surface area contributed by atoms with Gasteiger partial charge in [-0.15, -0.1) is 0 Å². The molecule has 0 fully saturated rings. The monoisotopic (exact) mass is 212 g/mol. The van der Waals surface area contributed by atoms with Gasteiger partial charge >= 0.3 is 0 Å². The van der Waals surface area contributed by atoms with Gasteiger partial charge in [-0.05, 0) is 31.6 Å². The average Bonchev–Trinajstić information content (AvgIpc) is 2.66. The molecule has 0 aliphatic heterocycles. The van der Waals surface area contributed by atoms with Gasteiger partial charge in [0.15, 0.2) is 0 Å². The van der Waals surface area contributed by atoms with Crippen LogP contribution in [0.25, 0.3) is 0 Å². The number of hydrogen-bond acceptors (Lipinski definition) is 1. The molecule has 0 unspecified atom stereocenters. The van der Waals surface area contributed by atoms with Gasteiger partial charge in [0.1, 0.15) is 5.15 Å². The molecule has 0 saturated carbocycles. The van der Waals surface area contributed by atoms with Gasteiger partial charge in [-0.25, -0.2) is 0 Å². The summed E-state index contributed by atoms with van der Waals surface area (Å²) in [5, 5.41) is 5.43. The highest BCUT2D eigenvalue weighted by molar-refractivity contribution is 6.30. The van der Waals surface area contributed by atoms with Gasteiger partial charge in [0.2, 0.25) is 0 Å². The molecule has 1 aliphatic rings. The quantitative estimate of drug-likeness (QED) is 0.753. The second-order valence-corrected chi connectivity index (χ2v) is 4.83. The molecule has 1 heterocycles. The molecule has 0 aromatic carbocycles. The minimum Gasteiger partial charge on any atom is -0.253 e. The van der Waals surface area contributed by atoms with Crippen molar-refractivity contribution in [2.45, 2.75) is 46.1 Å². The molecule has 0 radical (unpaired) electrons. The van der Waals surface area contributed by atoms with Crippen molar-refractivity contribution in [2.24, 2.45) is 5.92 Å². The zero-order chi connectivity index (χ0) is 10.1. The Kier molecular flexibility index (Phi) is 2.82. The summed E-state index contributed by atoms with van der Waals surface area (Å²) in [4.78, 5) is 0. The number of nitrogens with zero attached hydrogens (tertiary/aromatic N) is 2. The molecule has 0 bridgehead atoms. The van der Waals surface area contributed by atoms with Gasteiger partial charge in [-0.2, -0.15) is 5.10 Å². The lowest BCUT2D eigenvalue weighted by Gasteiger charge is -2.06. The van der Waals surface area contributed by atoms with Crippen LogP contribution in [0.3, 0.4) is 0 Å². The molecule has 14 heavy (non-hydrogen) atoms.